The van der Waals surface area contributed by atoms with Crippen LogP contribution in [0.1, 0.15) is 25.5 Å². The van der Waals surface area contributed by atoms with E-state index in [1.54, 1.807) is 16.2 Å². The fourth-order valence-electron chi connectivity index (χ4n) is 1.95. The van der Waals surface area contributed by atoms with E-state index < -0.39 is 0 Å². The molecular weight excluding hydrogens is 308 g/mol. The zero-order chi connectivity index (χ0) is 14.0. The van der Waals surface area contributed by atoms with Gasteiger partial charge in [-0.3, -0.25) is 9.13 Å². The van der Waals surface area contributed by atoms with Crippen LogP contribution in [0.15, 0.2) is 39.9 Å². The molecular formula is C14H17BrN2O2. The van der Waals surface area contributed by atoms with Crippen molar-refractivity contribution in [3.63, 3.8) is 0 Å². The fraction of sp³-hybridized carbons (Fsp3) is 0.357. The lowest BCUT2D eigenvalue weighted by atomic mass is 10.2. The Morgan fingerprint density at radius 2 is 2.05 bits per heavy atom. The van der Waals surface area contributed by atoms with Crippen LogP contribution in [0.25, 0.3) is 0 Å². The second-order valence-electron chi connectivity index (χ2n) is 4.68. The minimum atomic E-state index is 0.0157. The number of benzene rings is 1. The molecule has 2 aromatic rings. The highest BCUT2D eigenvalue weighted by atomic mass is 79.9. The van der Waals surface area contributed by atoms with Gasteiger partial charge >= 0.3 is 5.69 Å². The SMILES string of the molecule is COc1ccc(Cn2ccn(C(C)C)c2=O)cc1Br. The Labute approximate surface area is 120 Å². The average Bonchev–Trinajstić information content (AvgIpc) is 2.71. The molecule has 4 nitrogen and oxygen atoms in total. The molecule has 0 atom stereocenters. The highest BCUT2D eigenvalue weighted by molar-refractivity contribution is 9.10. The molecule has 0 aliphatic rings. The van der Waals surface area contributed by atoms with Crippen LogP contribution in [0.3, 0.4) is 0 Å². The number of halogens is 1. The first-order valence-electron chi connectivity index (χ1n) is 6.12. The summed E-state index contributed by atoms with van der Waals surface area (Å²) in [5.74, 6) is 0.788. The Morgan fingerprint density at radius 3 is 2.58 bits per heavy atom. The predicted octanol–water partition coefficient (Wildman–Crippen LogP) is 3.05. The van der Waals surface area contributed by atoms with E-state index in [1.165, 1.54) is 0 Å². The molecule has 0 unspecified atom stereocenters. The van der Waals surface area contributed by atoms with E-state index in [0.717, 1.165) is 15.8 Å². The van der Waals surface area contributed by atoms with Crippen LogP contribution in [-0.4, -0.2) is 16.2 Å². The van der Waals surface area contributed by atoms with E-state index in [-0.39, 0.29) is 11.7 Å². The normalized spacial score (nSPS) is 11.0. The van der Waals surface area contributed by atoms with Gasteiger partial charge in [0.05, 0.1) is 18.1 Å². The summed E-state index contributed by atoms with van der Waals surface area (Å²) in [6, 6.07) is 6.00. The molecule has 0 fully saturated rings. The lowest BCUT2D eigenvalue weighted by molar-refractivity contribution is 0.412. The highest BCUT2D eigenvalue weighted by Crippen LogP contribution is 2.25. The summed E-state index contributed by atoms with van der Waals surface area (Å²) in [6.45, 7) is 4.55. The molecule has 5 heteroatoms. The van der Waals surface area contributed by atoms with Crippen LogP contribution in [0.4, 0.5) is 0 Å². The van der Waals surface area contributed by atoms with Crippen LogP contribution in [0.2, 0.25) is 0 Å². The molecule has 0 saturated heterocycles. The Kier molecular flexibility index (Phi) is 4.14. The maximum Gasteiger partial charge on any atom is 0.328 e. The van der Waals surface area contributed by atoms with Crippen molar-refractivity contribution in [3.8, 4) is 5.75 Å². The van der Waals surface area contributed by atoms with Gasteiger partial charge in [-0.15, -0.1) is 0 Å². The zero-order valence-electron chi connectivity index (χ0n) is 11.3. The van der Waals surface area contributed by atoms with E-state index in [0.29, 0.717) is 6.54 Å². The Hall–Kier alpha value is -1.49. The molecule has 0 radical (unpaired) electrons. The van der Waals surface area contributed by atoms with E-state index in [4.69, 9.17) is 4.74 Å². The van der Waals surface area contributed by atoms with E-state index in [2.05, 4.69) is 15.9 Å². The number of methoxy groups -OCH3 is 1. The molecule has 0 aliphatic heterocycles. The van der Waals surface area contributed by atoms with E-state index >= 15 is 0 Å². The third kappa shape index (κ3) is 2.92. The maximum absolute atomic E-state index is 12.1. The number of imidazole rings is 1. The van der Waals surface area contributed by atoms with Crippen molar-refractivity contribution in [2.45, 2.75) is 26.4 Å². The number of hydrogen-bond acceptors (Lipinski definition) is 2. The van der Waals surface area contributed by atoms with Gasteiger partial charge in [0.15, 0.2) is 0 Å². The average molecular weight is 325 g/mol. The number of nitrogens with zero attached hydrogens (tertiary/aromatic N) is 2. The Balaban J connectivity index is 2.27. The first-order chi connectivity index (χ1) is 9.02. The van der Waals surface area contributed by atoms with E-state index in [1.807, 2.05) is 44.4 Å². The first-order valence-corrected chi connectivity index (χ1v) is 6.92. The molecule has 1 heterocycles. The first kappa shape index (κ1) is 13.9. The molecule has 0 spiro atoms. The van der Waals surface area contributed by atoms with Gasteiger partial charge in [-0.05, 0) is 47.5 Å². The highest BCUT2D eigenvalue weighted by Gasteiger charge is 2.07. The van der Waals surface area contributed by atoms with Gasteiger partial charge in [0.1, 0.15) is 5.75 Å². The molecule has 0 saturated carbocycles. The molecule has 1 aromatic heterocycles. The third-order valence-corrected chi connectivity index (χ3v) is 3.62. The van der Waals surface area contributed by atoms with Gasteiger partial charge in [0.25, 0.3) is 0 Å². The third-order valence-electron chi connectivity index (χ3n) is 3.00. The van der Waals surface area contributed by atoms with Crippen molar-refractivity contribution in [1.29, 1.82) is 0 Å². The standard InChI is InChI=1S/C14H17BrN2O2/c1-10(2)17-7-6-16(14(17)18)9-11-4-5-13(19-3)12(15)8-11/h4-8,10H,9H2,1-3H3. The van der Waals surface area contributed by atoms with Crippen LogP contribution in [0.5, 0.6) is 5.75 Å². The topological polar surface area (TPSA) is 36.2 Å². The van der Waals surface area contributed by atoms with Crippen molar-refractivity contribution in [3.05, 3.63) is 51.1 Å². The van der Waals surface area contributed by atoms with Crippen molar-refractivity contribution in [2.75, 3.05) is 7.11 Å². The smallest absolute Gasteiger partial charge is 0.328 e. The zero-order valence-corrected chi connectivity index (χ0v) is 12.8. The molecule has 2 rings (SSSR count). The van der Waals surface area contributed by atoms with Gasteiger partial charge in [-0.25, -0.2) is 4.79 Å². The van der Waals surface area contributed by atoms with Crippen molar-refractivity contribution in [2.24, 2.45) is 0 Å². The quantitative estimate of drug-likeness (QED) is 0.866. The summed E-state index contributed by atoms with van der Waals surface area (Å²) < 4.78 is 9.51. The summed E-state index contributed by atoms with van der Waals surface area (Å²) >= 11 is 3.45. The van der Waals surface area contributed by atoms with Crippen LogP contribution < -0.4 is 10.4 Å². The minimum absolute atomic E-state index is 0.0157. The number of aromatic nitrogens is 2. The monoisotopic (exact) mass is 324 g/mol. The van der Waals surface area contributed by atoms with Gasteiger partial charge < -0.3 is 4.74 Å². The largest absolute Gasteiger partial charge is 0.496 e. The predicted molar refractivity (Wildman–Crippen MR) is 78.9 cm³/mol. The second kappa shape index (κ2) is 5.65. The van der Waals surface area contributed by atoms with Gasteiger partial charge in [-0.2, -0.15) is 0 Å². The molecule has 0 aliphatic carbocycles. The molecule has 1 aromatic carbocycles. The molecule has 0 N–H and O–H groups in total. The fourth-order valence-corrected chi connectivity index (χ4v) is 2.53. The lowest BCUT2D eigenvalue weighted by Crippen LogP contribution is -2.25. The summed E-state index contributed by atoms with van der Waals surface area (Å²) in [7, 11) is 1.63. The molecule has 0 bridgehead atoms. The summed E-state index contributed by atoms with van der Waals surface area (Å²) in [4.78, 5) is 12.1. The molecule has 19 heavy (non-hydrogen) atoms. The van der Waals surface area contributed by atoms with Crippen LogP contribution in [0, 0.1) is 0 Å². The summed E-state index contributed by atoms with van der Waals surface area (Å²) in [5, 5.41) is 0. The van der Waals surface area contributed by atoms with Crippen molar-refractivity contribution >= 4 is 15.9 Å². The van der Waals surface area contributed by atoms with Gasteiger partial charge in [-0.1, -0.05) is 6.07 Å². The maximum atomic E-state index is 12.1. The van der Waals surface area contributed by atoms with E-state index in [9.17, 15) is 4.79 Å². The number of ether oxygens (including phenoxy) is 1. The minimum Gasteiger partial charge on any atom is -0.496 e. The van der Waals surface area contributed by atoms with Crippen molar-refractivity contribution < 1.29 is 4.74 Å². The number of rotatable bonds is 4. The Morgan fingerprint density at radius 1 is 1.32 bits per heavy atom. The molecule has 0 amide bonds. The lowest BCUT2D eigenvalue weighted by Gasteiger charge is -2.07. The van der Waals surface area contributed by atoms with Crippen LogP contribution >= 0.6 is 15.9 Å². The summed E-state index contributed by atoms with van der Waals surface area (Å²) in [6.07, 6.45) is 3.64. The van der Waals surface area contributed by atoms with Crippen LogP contribution in [-0.2, 0) is 6.54 Å². The Bertz CT molecular complexity index is 629. The van der Waals surface area contributed by atoms with Crippen molar-refractivity contribution in [1.82, 2.24) is 9.13 Å². The van der Waals surface area contributed by atoms with Gasteiger partial charge in [0.2, 0.25) is 0 Å². The number of hydrogen-bond donors (Lipinski definition) is 0. The molecule has 102 valence electrons. The van der Waals surface area contributed by atoms with Gasteiger partial charge in [0, 0.05) is 18.4 Å². The summed E-state index contributed by atoms with van der Waals surface area (Å²) in [5.41, 5.74) is 1.07. The second-order valence-corrected chi connectivity index (χ2v) is 5.53.